The van der Waals surface area contributed by atoms with Crippen molar-refractivity contribution in [1.29, 1.82) is 5.26 Å². The number of fused-ring (bicyclic) bond motifs is 1. The molecule has 0 aliphatic carbocycles. The van der Waals surface area contributed by atoms with Gasteiger partial charge in [-0.3, -0.25) is 0 Å². The molecule has 0 aliphatic heterocycles. The Morgan fingerprint density at radius 2 is 1.93 bits per heavy atom. The molecule has 0 atom stereocenters. The third kappa shape index (κ3) is 1.36. The summed E-state index contributed by atoms with van der Waals surface area (Å²) in [5.74, 6) is 0.547. The van der Waals surface area contributed by atoms with Crippen LogP contribution >= 0.6 is 0 Å². The smallest absolute Gasteiger partial charge is 0.143 e. The van der Waals surface area contributed by atoms with Crippen molar-refractivity contribution in [2.45, 2.75) is 0 Å². The molecular formula is C12H10N2O. The number of methoxy groups -OCH3 is 1. The van der Waals surface area contributed by atoms with E-state index in [-0.39, 0.29) is 0 Å². The average molecular weight is 198 g/mol. The van der Waals surface area contributed by atoms with Crippen LogP contribution < -0.4 is 10.5 Å². The lowest BCUT2D eigenvalue weighted by molar-refractivity contribution is 0.417. The topological polar surface area (TPSA) is 59.0 Å². The van der Waals surface area contributed by atoms with Crippen molar-refractivity contribution in [3.8, 4) is 11.8 Å². The van der Waals surface area contributed by atoms with Crippen LogP contribution in [-0.2, 0) is 0 Å². The minimum absolute atomic E-state index is 0.547. The van der Waals surface area contributed by atoms with Crippen LogP contribution in [0, 0.1) is 11.3 Å². The molecule has 0 aliphatic rings. The highest BCUT2D eigenvalue weighted by Gasteiger charge is 2.08. The molecule has 3 heteroatoms. The molecule has 2 aromatic rings. The zero-order valence-electron chi connectivity index (χ0n) is 8.32. The number of hydrogen-bond acceptors (Lipinski definition) is 3. The van der Waals surface area contributed by atoms with Crippen LogP contribution in [0.1, 0.15) is 5.56 Å². The Labute approximate surface area is 87.7 Å². The summed E-state index contributed by atoms with van der Waals surface area (Å²) in [6.07, 6.45) is 0. The summed E-state index contributed by atoms with van der Waals surface area (Å²) in [6.45, 7) is 0. The number of hydrogen-bond donors (Lipinski definition) is 1. The summed E-state index contributed by atoms with van der Waals surface area (Å²) in [4.78, 5) is 0. The number of nitrogens with zero attached hydrogens (tertiary/aromatic N) is 1. The van der Waals surface area contributed by atoms with Gasteiger partial charge in [0.2, 0.25) is 0 Å². The van der Waals surface area contributed by atoms with Gasteiger partial charge >= 0.3 is 0 Å². The number of rotatable bonds is 1. The minimum atomic E-state index is 0.547. The van der Waals surface area contributed by atoms with Crippen LogP contribution in [-0.4, -0.2) is 7.11 Å². The summed E-state index contributed by atoms with van der Waals surface area (Å²) in [5.41, 5.74) is 7.07. The molecule has 74 valence electrons. The fraction of sp³-hybridized carbons (Fsp3) is 0.0833. The zero-order valence-corrected chi connectivity index (χ0v) is 8.32. The SMILES string of the molecule is COc1cc(C#N)c2ccccc2c1N. The quantitative estimate of drug-likeness (QED) is 0.715. The normalized spacial score (nSPS) is 9.87. The van der Waals surface area contributed by atoms with Gasteiger partial charge < -0.3 is 10.5 Å². The number of nitriles is 1. The molecule has 2 rings (SSSR count). The second-order valence-corrected chi connectivity index (χ2v) is 3.20. The minimum Gasteiger partial charge on any atom is -0.495 e. The van der Waals surface area contributed by atoms with Crippen molar-refractivity contribution < 1.29 is 4.74 Å². The number of anilines is 1. The van der Waals surface area contributed by atoms with E-state index in [4.69, 9.17) is 15.7 Å². The zero-order chi connectivity index (χ0) is 10.8. The third-order valence-electron chi connectivity index (χ3n) is 2.39. The van der Waals surface area contributed by atoms with Crippen LogP contribution in [0.2, 0.25) is 0 Å². The van der Waals surface area contributed by atoms with E-state index in [0.29, 0.717) is 17.0 Å². The van der Waals surface area contributed by atoms with Crippen LogP contribution in [0.5, 0.6) is 5.75 Å². The Bertz CT molecular complexity index is 555. The Hall–Kier alpha value is -2.21. The predicted molar refractivity (Wildman–Crippen MR) is 59.6 cm³/mol. The lowest BCUT2D eigenvalue weighted by atomic mass is 10.0. The number of nitrogen functional groups attached to an aromatic ring is 1. The van der Waals surface area contributed by atoms with Gasteiger partial charge in [0.05, 0.1) is 24.4 Å². The second kappa shape index (κ2) is 3.50. The van der Waals surface area contributed by atoms with Gasteiger partial charge in [0.25, 0.3) is 0 Å². The standard InChI is InChI=1S/C12H10N2O/c1-15-11-6-8(7-13)9-4-2-3-5-10(9)12(11)14/h2-6H,14H2,1H3. The molecule has 0 saturated heterocycles. The van der Waals surface area contributed by atoms with Gasteiger partial charge in [0.15, 0.2) is 0 Å². The summed E-state index contributed by atoms with van der Waals surface area (Å²) in [6, 6.07) is 11.3. The van der Waals surface area contributed by atoms with Gasteiger partial charge in [0.1, 0.15) is 5.75 Å². The predicted octanol–water partition coefficient (Wildman–Crippen LogP) is 2.30. The van der Waals surface area contributed by atoms with Crippen molar-refractivity contribution >= 4 is 16.5 Å². The summed E-state index contributed by atoms with van der Waals surface area (Å²) in [7, 11) is 1.54. The first-order valence-electron chi connectivity index (χ1n) is 4.53. The van der Waals surface area contributed by atoms with E-state index in [1.807, 2.05) is 24.3 Å². The molecular weight excluding hydrogens is 188 g/mol. The first-order valence-corrected chi connectivity index (χ1v) is 4.53. The number of ether oxygens (including phenoxy) is 1. The lowest BCUT2D eigenvalue weighted by Gasteiger charge is -2.09. The first kappa shape index (κ1) is 9.35. The van der Waals surface area contributed by atoms with E-state index >= 15 is 0 Å². The average Bonchev–Trinajstić information content (AvgIpc) is 2.30. The van der Waals surface area contributed by atoms with Gasteiger partial charge in [-0.25, -0.2) is 0 Å². The molecule has 2 N–H and O–H groups in total. The molecule has 0 bridgehead atoms. The highest BCUT2D eigenvalue weighted by Crippen LogP contribution is 2.32. The van der Waals surface area contributed by atoms with E-state index < -0.39 is 0 Å². The van der Waals surface area contributed by atoms with Crippen LogP contribution in [0.3, 0.4) is 0 Å². The fourth-order valence-corrected chi connectivity index (χ4v) is 1.63. The third-order valence-corrected chi connectivity index (χ3v) is 2.39. The first-order chi connectivity index (χ1) is 7.27. The summed E-state index contributed by atoms with van der Waals surface area (Å²) >= 11 is 0. The largest absolute Gasteiger partial charge is 0.495 e. The van der Waals surface area contributed by atoms with Crippen molar-refractivity contribution in [1.82, 2.24) is 0 Å². The van der Waals surface area contributed by atoms with Gasteiger partial charge in [-0.05, 0) is 0 Å². The van der Waals surface area contributed by atoms with Crippen LogP contribution in [0.4, 0.5) is 5.69 Å². The van der Waals surface area contributed by atoms with Crippen molar-refractivity contribution in [3.63, 3.8) is 0 Å². The monoisotopic (exact) mass is 198 g/mol. The number of benzene rings is 2. The van der Waals surface area contributed by atoms with Crippen molar-refractivity contribution in [2.75, 3.05) is 12.8 Å². The van der Waals surface area contributed by atoms with Crippen molar-refractivity contribution in [3.05, 3.63) is 35.9 Å². The Morgan fingerprint density at radius 1 is 1.27 bits per heavy atom. The van der Waals surface area contributed by atoms with Crippen LogP contribution in [0.15, 0.2) is 30.3 Å². The molecule has 0 aromatic heterocycles. The molecule has 0 fully saturated rings. The molecule has 0 saturated carbocycles. The van der Waals surface area contributed by atoms with Crippen molar-refractivity contribution in [2.24, 2.45) is 0 Å². The Balaban J connectivity index is 2.92. The molecule has 15 heavy (non-hydrogen) atoms. The maximum absolute atomic E-state index is 9.00. The Morgan fingerprint density at radius 3 is 2.53 bits per heavy atom. The van der Waals surface area contributed by atoms with Gasteiger partial charge in [-0.1, -0.05) is 24.3 Å². The molecule has 0 unspecified atom stereocenters. The van der Waals surface area contributed by atoms with Crippen LogP contribution in [0.25, 0.3) is 10.8 Å². The maximum Gasteiger partial charge on any atom is 0.143 e. The van der Waals surface area contributed by atoms with E-state index in [1.54, 1.807) is 13.2 Å². The van der Waals surface area contributed by atoms with E-state index in [1.165, 1.54) is 0 Å². The maximum atomic E-state index is 9.00. The van der Waals surface area contributed by atoms with E-state index in [0.717, 1.165) is 10.8 Å². The van der Waals surface area contributed by atoms with Gasteiger partial charge in [0, 0.05) is 16.8 Å². The molecule has 0 amide bonds. The van der Waals surface area contributed by atoms with E-state index in [2.05, 4.69) is 6.07 Å². The number of nitrogens with two attached hydrogens (primary N) is 1. The van der Waals surface area contributed by atoms with E-state index in [9.17, 15) is 0 Å². The van der Waals surface area contributed by atoms with Gasteiger partial charge in [-0.2, -0.15) is 5.26 Å². The highest BCUT2D eigenvalue weighted by atomic mass is 16.5. The van der Waals surface area contributed by atoms with Gasteiger partial charge in [-0.15, -0.1) is 0 Å². The molecule has 3 nitrogen and oxygen atoms in total. The molecule has 0 heterocycles. The second-order valence-electron chi connectivity index (χ2n) is 3.20. The molecule has 2 aromatic carbocycles. The summed E-state index contributed by atoms with van der Waals surface area (Å²) < 4.78 is 5.12. The molecule has 0 radical (unpaired) electrons. The molecule has 0 spiro atoms. The Kier molecular flexibility index (Phi) is 2.18. The fourth-order valence-electron chi connectivity index (χ4n) is 1.63. The highest BCUT2D eigenvalue weighted by molar-refractivity contribution is 5.99. The summed E-state index contributed by atoms with van der Waals surface area (Å²) in [5, 5.41) is 10.7. The lowest BCUT2D eigenvalue weighted by Crippen LogP contribution is -1.95.